The van der Waals surface area contributed by atoms with Crippen molar-refractivity contribution >= 4 is 47.8 Å². The summed E-state index contributed by atoms with van der Waals surface area (Å²) < 4.78 is 10.1. The highest BCUT2D eigenvalue weighted by Gasteiger charge is 2.57. The number of rotatable bonds is 9. The van der Waals surface area contributed by atoms with E-state index in [-0.39, 0.29) is 30.4 Å². The molecule has 2 aliphatic rings. The van der Waals surface area contributed by atoms with Crippen LogP contribution in [0.15, 0.2) is 52.4 Å². The summed E-state index contributed by atoms with van der Waals surface area (Å²) in [5.74, 6) is -1.56. The Morgan fingerprint density at radius 2 is 2.22 bits per heavy atom. The average Bonchev–Trinajstić information content (AvgIpc) is 3.33. The molecule has 0 bridgehead atoms. The summed E-state index contributed by atoms with van der Waals surface area (Å²) >= 11 is 2.47. The van der Waals surface area contributed by atoms with Gasteiger partial charge in [0.05, 0.1) is 6.20 Å². The molecular weight excluding hydrogens is 458 g/mol. The van der Waals surface area contributed by atoms with E-state index in [1.165, 1.54) is 40.9 Å². The maximum Gasteiger partial charge on any atom is 0.313 e. The zero-order valence-electron chi connectivity index (χ0n) is 16.6. The van der Waals surface area contributed by atoms with Crippen molar-refractivity contribution in [3.63, 3.8) is 0 Å². The average molecular weight is 478 g/mol. The van der Waals surface area contributed by atoms with Crippen molar-refractivity contribution in [1.82, 2.24) is 15.2 Å². The first-order chi connectivity index (χ1) is 15.4. The molecule has 2 aliphatic heterocycles. The maximum atomic E-state index is 12.7. The fourth-order valence-electron chi connectivity index (χ4n) is 3.59. The van der Waals surface area contributed by atoms with E-state index in [2.05, 4.69) is 10.3 Å². The molecular formula is C20H19N3O7S2. The molecule has 10 nitrogen and oxygen atoms in total. The monoisotopic (exact) mass is 477 g/mol. The summed E-state index contributed by atoms with van der Waals surface area (Å²) in [4.78, 5) is 53.9. The van der Waals surface area contributed by atoms with E-state index < -0.39 is 34.8 Å². The highest BCUT2D eigenvalue weighted by molar-refractivity contribution is 8.00. The third kappa shape index (κ3) is 4.19. The number of thioether (sulfide) groups is 2. The molecule has 0 radical (unpaired) electrons. The van der Waals surface area contributed by atoms with Crippen LogP contribution in [0.4, 0.5) is 0 Å². The summed E-state index contributed by atoms with van der Waals surface area (Å²) in [6, 6.07) is 7.65. The molecule has 4 atom stereocenters. The van der Waals surface area contributed by atoms with E-state index in [0.29, 0.717) is 10.8 Å². The van der Waals surface area contributed by atoms with Gasteiger partial charge < -0.3 is 24.5 Å². The zero-order chi connectivity index (χ0) is 22.7. The number of ether oxygens (including phenoxy) is 1. The number of aromatic nitrogens is 1. The van der Waals surface area contributed by atoms with Crippen molar-refractivity contribution in [3.05, 3.63) is 48.4 Å². The van der Waals surface area contributed by atoms with Gasteiger partial charge in [0.1, 0.15) is 23.1 Å². The third-order valence-corrected chi connectivity index (χ3v) is 8.04. The fraction of sp³-hybridized carbons (Fsp3) is 0.350. The van der Waals surface area contributed by atoms with Gasteiger partial charge in [-0.25, -0.2) is 4.98 Å². The number of carboxylic acids is 1. The Morgan fingerprint density at radius 1 is 1.44 bits per heavy atom. The van der Waals surface area contributed by atoms with E-state index in [0.717, 1.165) is 0 Å². The Labute approximate surface area is 191 Å². The van der Waals surface area contributed by atoms with Crippen molar-refractivity contribution in [2.75, 3.05) is 18.1 Å². The first kappa shape index (κ1) is 22.2. The summed E-state index contributed by atoms with van der Waals surface area (Å²) in [6.45, 7) is 0.208. The molecule has 32 heavy (non-hydrogen) atoms. The summed E-state index contributed by atoms with van der Waals surface area (Å²) in [5.41, 5.74) is -0.691. The number of carbonyl (C=O) groups is 4. The molecule has 0 spiro atoms. The number of oxazole rings is 1. The van der Waals surface area contributed by atoms with Crippen molar-refractivity contribution in [1.29, 1.82) is 0 Å². The molecule has 2 amide bonds. The lowest BCUT2D eigenvalue weighted by atomic mass is 9.89. The highest BCUT2D eigenvalue weighted by Crippen LogP contribution is 2.44. The van der Waals surface area contributed by atoms with E-state index in [9.17, 15) is 24.3 Å². The predicted octanol–water partition coefficient (Wildman–Crippen LogP) is 1.15. The Kier molecular flexibility index (Phi) is 6.42. The van der Waals surface area contributed by atoms with Gasteiger partial charge in [-0.15, -0.1) is 11.8 Å². The number of carboxylic acid groups (broad SMARTS) is 1. The number of amides is 2. The normalized spacial score (nSPS) is 25.2. The molecule has 2 saturated heterocycles. The minimum atomic E-state index is -1.18. The van der Waals surface area contributed by atoms with E-state index in [1.54, 1.807) is 30.3 Å². The maximum absolute atomic E-state index is 12.7. The summed E-state index contributed by atoms with van der Waals surface area (Å²) in [5, 5.41) is 12.5. The van der Waals surface area contributed by atoms with Gasteiger partial charge in [-0.05, 0) is 0 Å². The fourth-order valence-corrected chi connectivity index (χ4v) is 6.24. The van der Waals surface area contributed by atoms with Crippen LogP contribution in [-0.2, 0) is 23.9 Å². The molecule has 3 heterocycles. The Bertz CT molecular complexity index is 1000. The SMILES string of the molecule is O=COC(C(=O)NC1C(=O)N2CC(CSc3ncco3)(C(=O)O)CS[C@H]12)c1ccccc1. The quantitative estimate of drug-likeness (QED) is 0.307. The standard InChI is InChI=1S/C20H19N3O7S2/c24-11-30-14(12-4-2-1-3-5-12)15(25)22-13-16(26)23-8-20(18(27)28,9-31-17(13)23)10-32-19-21-6-7-29-19/h1-7,11,13-14,17H,8-10H2,(H,22,25)(H,27,28)/t13?,14?,17-,20?/m1/s1. The minimum Gasteiger partial charge on any atom is -0.481 e. The van der Waals surface area contributed by atoms with Gasteiger partial charge in [-0.3, -0.25) is 19.2 Å². The van der Waals surface area contributed by atoms with Crippen molar-refractivity contribution in [2.24, 2.45) is 5.41 Å². The van der Waals surface area contributed by atoms with Crippen LogP contribution in [0.5, 0.6) is 0 Å². The van der Waals surface area contributed by atoms with E-state index >= 15 is 0 Å². The van der Waals surface area contributed by atoms with Gasteiger partial charge in [0.2, 0.25) is 12.0 Å². The second-order valence-electron chi connectivity index (χ2n) is 7.35. The number of β-lactam (4-membered cyclic amide) rings is 1. The van der Waals surface area contributed by atoms with Crippen LogP contribution in [0.2, 0.25) is 0 Å². The number of hydrogen-bond donors (Lipinski definition) is 2. The molecule has 3 unspecified atom stereocenters. The zero-order valence-corrected chi connectivity index (χ0v) is 18.2. The predicted molar refractivity (Wildman–Crippen MR) is 114 cm³/mol. The first-order valence-electron chi connectivity index (χ1n) is 9.57. The molecule has 1 aromatic heterocycles. The molecule has 2 N–H and O–H groups in total. The van der Waals surface area contributed by atoms with Crippen LogP contribution in [-0.4, -0.2) is 68.7 Å². The summed E-state index contributed by atoms with van der Waals surface area (Å²) in [6.07, 6.45) is 1.70. The third-order valence-electron chi connectivity index (χ3n) is 5.31. The topological polar surface area (TPSA) is 139 Å². The molecule has 12 heteroatoms. The van der Waals surface area contributed by atoms with Gasteiger partial charge in [-0.2, -0.15) is 0 Å². The molecule has 4 rings (SSSR count). The minimum absolute atomic E-state index is 0.0197. The lowest BCUT2D eigenvalue weighted by Gasteiger charge is -2.53. The van der Waals surface area contributed by atoms with Crippen LogP contribution < -0.4 is 5.32 Å². The number of aliphatic carboxylic acids is 1. The van der Waals surface area contributed by atoms with Crippen LogP contribution in [0.1, 0.15) is 11.7 Å². The van der Waals surface area contributed by atoms with Gasteiger partial charge in [-0.1, -0.05) is 42.1 Å². The number of benzene rings is 1. The van der Waals surface area contributed by atoms with Gasteiger partial charge in [0, 0.05) is 23.6 Å². The Hall–Kier alpha value is -2.99. The number of hydrogen-bond acceptors (Lipinski definition) is 9. The number of nitrogens with zero attached hydrogens (tertiary/aromatic N) is 2. The Balaban J connectivity index is 1.41. The van der Waals surface area contributed by atoms with E-state index in [1.807, 2.05) is 0 Å². The smallest absolute Gasteiger partial charge is 0.313 e. The van der Waals surface area contributed by atoms with Crippen molar-refractivity contribution in [2.45, 2.75) is 22.7 Å². The van der Waals surface area contributed by atoms with Crippen LogP contribution in [0, 0.1) is 5.41 Å². The van der Waals surface area contributed by atoms with Crippen LogP contribution in [0.25, 0.3) is 0 Å². The highest BCUT2D eigenvalue weighted by atomic mass is 32.2. The molecule has 2 aromatic rings. The first-order valence-corrected chi connectivity index (χ1v) is 11.6. The van der Waals surface area contributed by atoms with Gasteiger partial charge in [0.15, 0.2) is 0 Å². The molecule has 0 aliphatic carbocycles. The second kappa shape index (κ2) is 9.25. The molecule has 168 valence electrons. The van der Waals surface area contributed by atoms with Crippen molar-refractivity contribution < 1.29 is 33.4 Å². The molecule has 0 saturated carbocycles. The Morgan fingerprint density at radius 3 is 2.88 bits per heavy atom. The van der Waals surface area contributed by atoms with Crippen LogP contribution >= 0.6 is 23.5 Å². The van der Waals surface area contributed by atoms with Gasteiger partial charge in [0.25, 0.3) is 17.6 Å². The van der Waals surface area contributed by atoms with Crippen molar-refractivity contribution in [3.8, 4) is 0 Å². The number of fused-ring (bicyclic) bond motifs is 1. The number of nitrogens with one attached hydrogen (secondary N) is 1. The molecule has 1 aromatic carbocycles. The molecule has 2 fully saturated rings. The summed E-state index contributed by atoms with van der Waals surface area (Å²) in [7, 11) is 0. The second-order valence-corrected chi connectivity index (χ2v) is 9.38. The lowest BCUT2D eigenvalue weighted by Crippen LogP contribution is -2.74. The largest absolute Gasteiger partial charge is 0.481 e. The van der Waals surface area contributed by atoms with Crippen LogP contribution in [0.3, 0.4) is 0 Å². The van der Waals surface area contributed by atoms with Gasteiger partial charge >= 0.3 is 5.97 Å². The lowest BCUT2D eigenvalue weighted by molar-refractivity contribution is -0.159. The van der Waals surface area contributed by atoms with E-state index in [4.69, 9.17) is 9.15 Å². The number of carbonyl (C=O) groups excluding carboxylic acids is 3.